The average Bonchev–Trinajstić information content (AvgIpc) is 3.21. The highest BCUT2D eigenvalue weighted by molar-refractivity contribution is 5.78. The highest BCUT2D eigenvalue weighted by atomic mass is 16.5. The van der Waals surface area contributed by atoms with Crippen LogP contribution < -0.4 is 10.2 Å². The predicted octanol–water partition coefficient (Wildman–Crippen LogP) is 1.17. The zero-order valence-corrected chi connectivity index (χ0v) is 15.7. The predicted molar refractivity (Wildman–Crippen MR) is 100 cm³/mol. The maximum atomic E-state index is 12.4. The number of anilines is 1. The number of nitrogens with one attached hydrogen (secondary N) is 1. The molecular formula is C19H26N6O2. The first-order valence-electron chi connectivity index (χ1n) is 9.64. The maximum Gasteiger partial charge on any atom is 0.225 e. The molecule has 2 aliphatic heterocycles. The molecule has 2 aliphatic rings. The summed E-state index contributed by atoms with van der Waals surface area (Å²) in [6.45, 7) is 5.59. The number of piperidine rings is 1. The molecule has 1 N–H and O–H groups in total. The smallest absolute Gasteiger partial charge is 0.225 e. The average molecular weight is 370 g/mol. The number of fused-ring (bicyclic) bond motifs is 1. The number of carbonyl (C=O) groups excluding carboxylic acids is 1. The summed E-state index contributed by atoms with van der Waals surface area (Å²) < 4.78 is 7.24. The first-order chi connectivity index (χ1) is 13.2. The lowest BCUT2D eigenvalue weighted by molar-refractivity contribution is -0.125. The van der Waals surface area contributed by atoms with E-state index in [2.05, 4.69) is 20.3 Å². The van der Waals surface area contributed by atoms with Crippen molar-refractivity contribution in [3.63, 3.8) is 0 Å². The highest BCUT2D eigenvalue weighted by Gasteiger charge is 2.25. The summed E-state index contributed by atoms with van der Waals surface area (Å²) in [4.78, 5) is 23.9. The second kappa shape index (κ2) is 8.04. The van der Waals surface area contributed by atoms with Gasteiger partial charge in [0.25, 0.3) is 0 Å². The highest BCUT2D eigenvalue weighted by Crippen LogP contribution is 2.20. The number of hydrogen-bond donors (Lipinski definition) is 1. The SMILES string of the molecule is C[C@@H](Cn1cccn1)C(=O)NC1CCN(c2ncc3c(n2)CCOC3)CC1. The molecule has 27 heavy (non-hydrogen) atoms. The van der Waals surface area contributed by atoms with Gasteiger partial charge < -0.3 is 15.0 Å². The number of carbonyl (C=O) groups is 1. The molecule has 1 fully saturated rings. The molecular weight excluding hydrogens is 344 g/mol. The lowest BCUT2D eigenvalue weighted by Crippen LogP contribution is -2.47. The first-order valence-corrected chi connectivity index (χ1v) is 9.64. The zero-order valence-electron chi connectivity index (χ0n) is 15.7. The van der Waals surface area contributed by atoms with Gasteiger partial charge in [-0.05, 0) is 18.9 Å². The van der Waals surface area contributed by atoms with Crippen molar-refractivity contribution in [2.24, 2.45) is 5.92 Å². The zero-order chi connectivity index (χ0) is 18.6. The van der Waals surface area contributed by atoms with Crippen molar-refractivity contribution in [2.75, 3.05) is 24.6 Å². The molecule has 4 heterocycles. The summed E-state index contributed by atoms with van der Waals surface area (Å²) in [5.74, 6) is 0.788. The summed E-state index contributed by atoms with van der Waals surface area (Å²) in [6, 6.07) is 2.08. The van der Waals surface area contributed by atoms with Gasteiger partial charge in [-0.25, -0.2) is 9.97 Å². The van der Waals surface area contributed by atoms with Gasteiger partial charge in [-0.2, -0.15) is 5.10 Å². The number of nitrogens with zero attached hydrogens (tertiary/aromatic N) is 5. The number of hydrogen-bond acceptors (Lipinski definition) is 6. The fraction of sp³-hybridized carbons (Fsp3) is 0.579. The Kier molecular flexibility index (Phi) is 5.33. The summed E-state index contributed by atoms with van der Waals surface area (Å²) in [5, 5.41) is 7.36. The summed E-state index contributed by atoms with van der Waals surface area (Å²) in [7, 11) is 0. The van der Waals surface area contributed by atoms with Gasteiger partial charge in [-0.1, -0.05) is 6.92 Å². The van der Waals surface area contributed by atoms with Crippen LogP contribution >= 0.6 is 0 Å². The van der Waals surface area contributed by atoms with E-state index in [1.54, 1.807) is 10.9 Å². The molecule has 2 aromatic rings. The van der Waals surface area contributed by atoms with Gasteiger partial charge in [0.15, 0.2) is 0 Å². The van der Waals surface area contributed by atoms with E-state index in [9.17, 15) is 4.79 Å². The molecule has 4 rings (SSSR count). The molecule has 0 aromatic carbocycles. The number of ether oxygens (including phenoxy) is 1. The molecule has 1 amide bonds. The minimum Gasteiger partial charge on any atom is -0.376 e. The minimum atomic E-state index is -0.103. The van der Waals surface area contributed by atoms with Crippen LogP contribution in [0, 0.1) is 5.92 Å². The Bertz CT molecular complexity index is 771. The molecule has 2 aromatic heterocycles. The van der Waals surface area contributed by atoms with Gasteiger partial charge in [0, 0.05) is 49.7 Å². The number of rotatable bonds is 5. The molecule has 0 aliphatic carbocycles. The van der Waals surface area contributed by atoms with E-state index in [1.165, 1.54) is 0 Å². The number of aromatic nitrogens is 4. The van der Waals surface area contributed by atoms with Crippen LogP contribution in [0.5, 0.6) is 0 Å². The number of amides is 1. The molecule has 1 saturated heterocycles. The lowest BCUT2D eigenvalue weighted by atomic mass is 10.0. The molecule has 144 valence electrons. The van der Waals surface area contributed by atoms with Crippen molar-refractivity contribution in [1.29, 1.82) is 0 Å². The fourth-order valence-electron chi connectivity index (χ4n) is 3.61. The van der Waals surface area contributed by atoms with Crippen molar-refractivity contribution in [2.45, 2.75) is 45.4 Å². The normalized spacial score (nSPS) is 18.8. The summed E-state index contributed by atoms with van der Waals surface area (Å²) in [5.41, 5.74) is 2.20. The Balaban J connectivity index is 1.28. The minimum absolute atomic E-state index is 0.0916. The van der Waals surface area contributed by atoms with Gasteiger partial charge in [0.1, 0.15) is 0 Å². The van der Waals surface area contributed by atoms with Gasteiger partial charge in [0.2, 0.25) is 11.9 Å². The van der Waals surface area contributed by atoms with Crippen LogP contribution in [-0.2, 0) is 29.1 Å². The van der Waals surface area contributed by atoms with Gasteiger partial charge in [0.05, 0.1) is 31.4 Å². The van der Waals surface area contributed by atoms with E-state index in [1.807, 2.05) is 25.4 Å². The maximum absolute atomic E-state index is 12.4. The van der Waals surface area contributed by atoms with Crippen molar-refractivity contribution in [3.8, 4) is 0 Å². The van der Waals surface area contributed by atoms with Crippen molar-refractivity contribution < 1.29 is 9.53 Å². The van der Waals surface area contributed by atoms with E-state index in [0.717, 1.165) is 56.2 Å². The topological polar surface area (TPSA) is 85.2 Å². The summed E-state index contributed by atoms with van der Waals surface area (Å²) in [6.07, 6.45) is 8.17. The van der Waals surface area contributed by atoms with Gasteiger partial charge in [-0.3, -0.25) is 9.48 Å². The molecule has 0 unspecified atom stereocenters. The second-order valence-corrected chi connectivity index (χ2v) is 7.34. The quantitative estimate of drug-likeness (QED) is 0.850. The molecule has 8 nitrogen and oxygen atoms in total. The largest absolute Gasteiger partial charge is 0.376 e. The van der Waals surface area contributed by atoms with Crippen LogP contribution in [0.4, 0.5) is 5.95 Å². The Morgan fingerprint density at radius 2 is 2.26 bits per heavy atom. The van der Waals surface area contributed by atoms with Crippen LogP contribution in [0.3, 0.4) is 0 Å². The molecule has 0 saturated carbocycles. The monoisotopic (exact) mass is 370 g/mol. The third-order valence-corrected chi connectivity index (χ3v) is 5.27. The van der Waals surface area contributed by atoms with Crippen molar-refractivity contribution >= 4 is 11.9 Å². The van der Waals surface area contributed by atoms with E-state index >= 15 is 0 Å². The molecule has 1 atom stereocenters. The summed E-state index contributed by atoms with van der Waals surface area (Å²) >= 11 is 0. The Morgan fingerprint density at radius 3 is 3.04 bits per heavy atom. The van der Waals surface area contributed by atoms with Crippen LogP contribution in [0.15, 0.2) is 24.7 Å². The van der Waals surface area contributed by atoms with Crippen LogP contribution in [0.2, 0.25) is 0 Å². The van der Waals surface area contributed by atoms with Crippen LogP contribution in [0.25, 0.3) is 0 Å². The van der Waals surface area contributed by atoms with E-state index < -0.39 is 0 Å². The Morgan fingerprint density at radius 1 is 1.41 bits per heavy atom. The first kappa shape index (κ1) is 17.9. The van der Waals surface area contributed by atoms with E-state index in [0.29, 0.717) is 13.2 Å². The molecule has 0 bridgehead atoms. The second-order valence-electron chi connectivity index (χ2n) is 7.34. The fourth-order valence-corrected chi connectivity index (χ4v) is 3.61. The molecule has 0 radical (unpaired) electrons. The molecule has 0 spiro atoms. The molecule has 8 heteroatoms. The van der Waals surface area contributed by atoms with Gasteiger partial charge in [-0.15, -0.1) is 0 Å². The Hall–Kier alpha value is -2.48. The lowest BCUT2D eigenvalue weighted by Gasteiger charge is -2.33. The standard InChI is InChI=1S/C19H26N6O2/c1-14(12-25-7-2-6-21-25)18(26)22-16-3-8-24(9-4-16)19-20-11-15-13-27-10-5-17(15)23-19/h2,6-7,11,14,16H,3-5,8-10,12-13H2,1H3,(H,22,26)/t14-/m0/s1. The van der Waals surface area contributed by atoms with E-state index in [-0.39, 0.29) is 17.9 Å². The third-order valence-electron chi connectivity index (χ3n) is 5.27. The van der Waals surface area contributed by atoms with Crippen LogP contribution in [0.1, 0.15) is 31.0 Å². The van der Waals surface area contributed by atoms with Gasteiger partial charge >= 0.3 is 0 Å². The Labute approximate surface area is 158 Å². The van der Waals surface area contributed by atoms with E-state index in [4.69, 9.17) is 9.72 Å². The van der Waals surface area contributed by atoms with Crippen LogP contribution in [-0.4, -0.2) is 51.4 Å². The third kappa shape index (κ3) is 4.27. The van der Waals surface area contributed by atoms with Crippen molar-refractivity contribution in [1.82, 2.24) is 25.1 Å². The van der Waals surface area contributed by atoms with Crippen molar-refractivity contribution in [3.05, 3.63) is 35.9 Å².